The lowest BCUT2D eigenvalue weighted by Gasteiger charge is -2.20. The third-order valence-electron chi connectivity index (χ3n) is 2.14. The van der Waals surface area contributed by atoms with Crippen LogP contribution in [0, 0.1) is 5.92 Å². The van der Waals surface area contributed by atoms with E-state index >= 15 is 0 Å². The van der Waals surface area contributed by atoms with Gasteiger partial charge in [-0.05, 0) is 19.6 Å². The number of hydrogen-bond donors (Lipinski definition) is 0. The Bertz CT molecular complexity index is 252. The van der Waals surface area contributed by atoms with Crippen LogP contribution in [-0.4, -0.2) is 19.2 Å². The van der Waals surface area contributed by atoms with E-state index in [1.165, 1.54) is 0 Å². The maximum absolute atomic E-state index is 11.6. The van der Waals surface area contributed by atoms with Crippen molar-refractivity contribution in [2.24, 2.45) is 5.92 Å². The predicted molar refractivity (Wildman–Crippen MR) is 66.0 cm³/mol. The van der Waals surface area contributed by atoms with Gasteiger partial charge in [-0.2, -0.15) is 0 Å². The molecule has 1 heterocycles. The van der Waals surface area contributed by atoms with Crippen molar-refractivity contribution < 1.29 is 8.42 Å². The molecule has 0 aromatic heterocycles. The van der Waals surface area contributed by atoms with E-state index in [4.69, 9.17) is 0 Å². The SMILES string of the molecule is C[C@H]1CCS(=O)(=O)[C@H]1P(P)PP. The summed E-state index contributed by atoms with van der Waals surface area (Å²) >= 11 is 0. The van der Waals surface area contributed by atoms with Gasteiger partial charge < -0.3 is 0 Å². The van der Waals surface area contributed by atoms with Crippen LogP contribution < -0.4 is 0 Å². The average molecular weight is 262 g/mol. The van der Waals surface area contributed by atoms with Crippen molar-refractivity contribution in [1.82, 2.24) is 0 Å². The third-order valence-corrected chi connectivity index (χ3v) is 17.8. The largest absolute Gasteiger partial charge is 0.228 e. The summed E-state index contributed by atoms with van der Waals surface area (Å²) < 4.78 is 23.1. The molecule has 12 heavy (non-hydrogen) atoms. The minimum atomic E-state index is -2.75. The smallest absolute Gasteiger partial charge is 0.158 e. The second-order valence-electron chi connectivity index (χ2n) is 3.06. The van der Waals surface area contributed by atoms with Crippen LogP contribution in [0.2, 0.25) is 0 Å². The zero-order chi connectivity index (χ0) is 9.35. The Morgan fingerprint density at radius 1 is 1.58 bits per heavy atom. The average Bonchev–Trinajstić information content (AvgIpc) is 2.25. The van der Waals surface area contributed by atoms with Crippen molar-refractivity contribution >= 4 is 43.0 Å². The molecule has 0 spiro atoms. The fourth-order valence-electron chi connectivity index (χ4n) is 1.49. The molecule has 1 aliphatic heterocycles. The summed E-state index contributed by atoms with van der Waals surface area (Å²) in [5.74, 6) is 0.771. The molecule has 0 saturated carbocycles. The minimum Gasteiger partial charge on any atom is -0.228 e. The van der Waals surface area contributed by atoms with Gasteiger partial charge in [0.15, 0.2) is 9.84 Å². The van der Waals surface area contributed by atoms with E-state index in [1.807, 2.05) is 0 Å². The molecule has 1 fully saturated rings. The summed E-state index contributed by atoms with van der Waals surface area (Å²) in [5, 5.41) is 0. The lowest BCUT2D eigenvalue weighted by Crippen LogP contribution is -2.15. The van der Waals surface area contributed by atoms with Crippen LogP contribution >= 0.6 is 33.1 Å². The van der Waals surface area contributed by atoms with Gasteiger partial charge in [0, 0.05) is 0 Å². The Hall–Kier alpha value is 1.67. The van der Waals surface area contributed by atoms with Crippen LogP contribution in [0.25, 0.3) is 0 Å². The van der Waals surface area contributed by atoms with Gasteiger partial charge in [-0.15, -0.1) is 17.9 Å². The highest BCUT2D eigenvalue weighted by atomic mass is 32.6. The second-order valence-corrected chi connectivity index (χ2v) is 15.1. The number of rotatable bonds is 2. The van der Waals surface area contributed by atoms with Crippen LogP contribution in [0.15, 0.2) is 0 Å². The highest BCUT2D eigenvalue weighted by Gasteiger charge is 2.40. The number of hydrogen-bond acceptors (Lipinski definition) is 2. The molecular formula is C5H14O2P4S. The zero-order valence-electron chi connectivity index (χ0n) is 6.90. The maximum Gasteiger partial charge on any atom is 0.158 e. The Balaban J connectivity index is 2.85. The second kappa shape index (κ2) is 4.46. The first-order valence-corrected chi connectivity index (χ1v) is 12.1. The molecule has 2 nitrogen and oxygen atoms in total. The van der Waals surface area contributed by atoms with E-state index in [9.17, 15) is 8.42 Å². The summed E-state index contributed by atoms with van der Waals surface area (Å²) in [4.78, 5) is -0.0478. The maximum atomic E-state index is 11.6. The summed E-state index contributed by atoms with van der Waals surface area (Å²) in [6.45, 7) is 2.05. The van der Waals surface area contributed by atoms with Gasteiger partial charge in [-0.3, -0.25) is 0 Å². The first kappa shape index (κ1) is 11.7. The molecule has 0 aliphatic carbocycles. The molecule has 0 radical (unpaired) electrons. The van der Waals surface area contributed by atoms with Crippen LogP contribution in [0.5, 0.6) is 0 Å². The standard InChI is InChI=1S/C5H14O2P4S/c1-4-2-3-12(6,7)5(4)11(9)10-8/h4-5,10H,2-3,8-9H2,1H3/t4-,5+,11?/m0/s1. The van der Waals surface area contributed by atoms with Crippen LogP contribution in [-0.2, 0) is 9.84 Å². The zero-order valence-corrected chi connectivity index (χ0v) is 11.9. The van der Waals surface area contributed by atoms with Crippen molar-refractivity contribution in [1.29, 1.82) is 0 Å². The highest BCUT2D eigenvalue weighted by Crippen LogP contribution is 2.72. The van der Waals surface area contributed by atoms with E-state index in [0.717, 1.165) is 6.42 Å². The molecule has 6 atom stereocenters. The molecule has 0 N–H and O–H groups in total. The highest BCUT2D eigenvalue weighted by molar-refractivity contribution is 8.62. The monoisotopic (exact) mass is 262 g/mol. The van der Waals surface area contributed by atoms with Gasteiger partial charge in [0.25, 0.3) is 0 Å². The van der Waals surface area contributed by atoms with Gasteiger partial charge in [0.05, 0.1) is 10.7 Å². The van der Waals surface area contributed by atoms with Gasteiger partial charge in [-0.1, -0.05) is 14.9 Å². The lowest BCUT2D eigenvalue weighted by molar-refractivity contribution is 0.593. The van der Waals surface area contributed by atoms with Crippen LogP contribution in [0.3, 0.4) is 0 Å². The van der Waals surface area contributed by atoms with Gasteiger partial charge in [0.2, 0.25) is 0 Å². The van der Waals surface area contributed by atoms with Crippen LogP contribution in [0.1, 0.15) is 13.3 Å². The molecule has 72 valence electrons. The summed E-state index contributed by atoms with van der Waals surface area (Å²) in [7, 11) is 2.94. The number of sulfone groups is 1. The fraction of sp³-hybridized carbons (Fsp3) is 1.00. The third kappa shape index (κ3) is 2.37. The van der Waals surface area contributed by atoms with Gasteiger partial charge in [-0.25, -0.2) is 8.42 Å². The molecule has 1 aliphatic rings. The van der Waals surface area contributed by atoms with Crippen molar-refractivity contribution in [3.63, 3.8) is 0 Å². The van der Waals surface area contributed by atoms with Crippen molar-refractivity contribution in [3.8, 4) is 0 Å². The normalized spacial score (nSPS) is 37.6. The van der Waals surface area contributed by atoms with Gasteiger partial charge in [0.1, 0.15) is 0 Å². The van der Waals surface area contributed by atoms with Crippen molar-refractivity contribution in [2.75, 3.05) is 5.75 Å². The fourth-order valence-corrected chi connectivity index (χ4v) is 14.0. The quantitative estimate of drug-likeness (QED) is 0.716. The van der Waals surface area contributed by atoms with E-state index in [2.05, 4.69) is 24.8 Å². The molecule has 0 aromatic carbocycles. The molecule has 4 unspecified atom stereocenters. The van der Waals surface area contributed by atoms with E-state index in [-0.39, 0.29) is 12.3 Å². The summed E-state index contributed by atoms with van der Waals surface area (Å²) in [6, 6.07) is 0. The molecular weight excluding hydrogens is 248 g/mol. The van der Waals surface area contributed by atoms with E-state index in [1.54, 1.807) is 0 Å². The molecule has 7 heteroatoms. The van der Waals surface area contributed by atoms with E-state index in [0.29, 0.717) is 19.6 Å². The first-order valence-electron chi connectivity index (χ1n) is 3.71. The molecule has 0 aromatic rings. The first-order chi connectivity index (χ1) is 5.49. The molecule has 1 saturated heterocycles. The Labute approximate surface area is 81.6 Å². The summed E-state index contributed by atoms with van der Waals surface area (Å²) in [5.41, 5.74) is 0. The Morgan fingerprint density at radius 3 is 2.50 bits per heavy atom. The van der Waals surface area contributed by atoms with Crippen molar-refractivity contribution in [3.05, 3.63) is 0 Å². The van der Waals surface area contributed by atoms with Crippen LogP contribution in [0.4, 0.5) is 0 Å². The Morgan fingerprint density at radius 2 is 2.17 bits per heavy atom. The van der Waals surface area contributed by atoms with Crippen molar-refractivity contribution in [2.45, 2.75) is 18.3 Å². The lowest BCUT2D eigenvalue weighted by atomic mass is 10.2. The minimum absolute atomic E-state index is 0.0478. The molecule has 0 amide bonds. The van der Waals surface area contributed by atoms with Gasteiger partial charge >= 0.3 is 0 Å². The Kier molecular flexibility index (Phi) is 4.36. The molecule has 1 rings (SSSR count). The molecule has 0 bridgehead atoms. The topological polar surface area (TPSA) is 34.1 Å². The summed E-state index contributed by atoms with van der Waals surface area (Å²) in [6.07, 6.45) is 0.857. The van der Waals surface area contributed by atoms with E-state index < -0.39 is 9.84 Å². The predicted octanol–water partition coefficient (Wildman–Crippen LogP) is 2.42.